The van der Waals surface area contributed by atoms with E-state index in [9.17, 15) is 4.79 Å². The summed E-state index contributed by atoms with van der Waals surface area (Å²) in [5, 5.41) is 0. The summed E-state index contributed by atoms with van der Waals surface area (Å²) in [7, 11) is 1.44. The second-order valence-electron chi connectivity index (χ2n) is 5.16. The molecule has 1 aromatic carbocycles. The van der Waals surface area contributed by atoms with Gasteiger partial charge in [-0.3, -0.25) is 0 Å². The van der Waals surface area contributed by atoms with Crippen LogP contribution in [0.25, 0.3) is 0 Å². The molecule has 0 saturated carbocycles. The molecular formula is C13H21NO2Sn. The number of ether oxygens (including phenoxy) is 1. The first kappa shape index (κ1) is 14.5. The second kappa shape index (κ2) is 6.40. The average Bonchev–Trinajstić information content (AvgIpc) is 2.27. The van der Waals surface area contributed by atoms with E-state index in [-0.39, 0.29) is 12.0 Å². The Bertz CT molecular complexity index is 359. The normalized spacial score (nSPS) is 13.2. The molecule has 0 saturated heterocycles. The van der Waals surface area contributed by atoms with Gasteiger partial charge in [0.2, 0.25) is 0 Å². The molecular weight excluding hydrogens is 321 g/mol. The number of rotatable bonds is 5. The van der Waals surface area contributed by atoms with E-state index in [0.29, 0.717) is 6.42 Å². The number of benzene rings is 1. The van der Waals surface area contributed by atoms with Crippen LogP contribution in [0.5, 0.6) is 0 Å². The quantitative estimate of drug-likeness (QED) is 0.659. The van der Waals surface area contributed by atoms with E-state index < -0.39 is 18.7 Å². The van der Waals surface area contributed by atoms with Gasteiger partial charge in [0.05, 0.1) is 0 Å². The van der Waals surface area contributed by atoms with E-state index >= 15 is 0 Å². The van der Waals surface area contributed by atoms with Crippen LogP contribution in [0.15, 0.2) is 30.3 Å². The van der Waals surface area contributed by atoms with Crippen molar-refractivity contribution in [3.8, 4) is 0 Å². The number of esters is 1. The summed E-state index contributed by atoms with van der Waals surface area (Å²) in [6.45, 7) is 0. The monoisotopic (exact) mass is 343 g/mol. The molecule has 1 rings (SSSR count). The standard InChI is InChI=1S/C10H12NO2.3CH3.Sn/c1-13-10(12)9(11)7-8-5-3-2-4-6-8;;;;/h2-6,9,11H,7H2,1H3;3*1H3;/q-1;;;;+1/t9-;;;;/m0..../s1. The molecule has 17 heavy (non-hydrogen) atoms. The molecule has 1 aromatic rings. The first-order chi connectivity index (χ1) is 7.92. The van der Waals surface area contributed by atoms with Crippen LogP contribution in [-0.4, -0.2) is 37.8 Å². The first-order valence-electron chi connectivity index (χ1n) is 5.82. The number of carbonyl (C=O) groups excluding carboxylic acids is 1. The Hall–Kier alpha value is -0.551. The van der Waals surface area contributed by atoms with Gasteiger partial charge >= 0.3 is 108 Å². The van der Waals surface area contributed by atoms with E-state index in [1.54, 1.807) is 0 Å². The van der Waals surface area contributed by atoms with Crippen LogP contribution in [0.3, 0.4) is 0 Å². The summed E-state index contributed by atoms with van der Waals surface area (Å²) < 4.78 is 8.35. The Balaban J connectivity index is 2.74. The number of hydrogen-bond acceptors (Lipinski definition) is 3. The Kier molecular flexibility index (Phi) is 5.46. The number of methoxy groups -OCH3 is 1. The minimum absolute atomic E-state index is 0.166. The maximum atomic E-state index is 11.7. The van der Waals surface area contributed by atoms with Gasteiger partial charge < -0.3 is 0 Å². The molecule has 0 aliphatic rings. The van der Waals surface area contributed by atoms with Crippen LogP contribution in [0.2, 0.25) is 14.8 Å². The van der Waals surface area contributed by atoms with Gasteiger partial charge in [0.15, 0.2) is 0 Å². The molecule has 0 unspecified atom stereocenters. The SMILES string of the molecule is COC(=O)[C@H](Cc1ccccc1)[NH][Sn]([CH3])([CH3])[CH3]. The zero-order chi connectivity index (χ0) is 12.9. The summed E-state index contributed by atoms with van der Waals surface area (Å²) in [4.78, 5) is 18.5. The van der Waals surface area contributed by atoms with Crippen molar-refractivity contribution in [2.24, 2.45) is 0 Å². The van der Waals surface area contributed by atoms with Gasteiger partial charge in [-0.2, -0.15) is 0 Å². The molecule has 0 aromatic heterocycles. The number of carbonyl (C=O) groups is 1. The Morgan fingerprint density at radius 1 is 1.29 bits per heavy atom. The summed E-state index contributed by atoms with van der Waals surface area (Å²) in [6, 6.07) is 9.82. The second-order valence-corrected chi connectivity index (χ2v) is 18.8. The van der Waals surface area contributed by atoms with E-state index in [1.165, 1.54) is 7.11 Å². The average molecular weight is 342 g/mol. The fraction of sp³-hybridized carbons (Fsp3) is 0.462. The Morgan fingerprint density at radius 3 is 2.35 bits per heavy atom. The molecule has 0 aliphatic carbocycles. The van der Waals surface area contributed by atoms with Crippen LogP contribution in [0.4, 0.5) is 0 Å². The van der Waals surface area contributed by atoms with Gasteiger partial charge in [0, 0.05) is 0 Å². The van der Waals surface area contributed by atoms with Crippen molar-refractivity contribution < 1.29 is 9.53 Å². The molecule has 0 radical (unpaired) electrons. The van der Waals surface area contributed by atoms with Crippen LogP contribution < -0.4 is 3.54 Å². The maximum absolute atomic E-state index is 11.7. The van der Waals surface area contributed by atoms with E-state index in [0.717, 1.165) is 5.56 Å². The summed E-state index contributed by atoms with van der Waals surface area (Å²) in [6.07, 6.45) is 0.696. The summed E-state index contributed by atoms with van der Waals surface area (Å²) >= 11 is -2.21. The molecule has 0 bridgehead atoms. The van der Waals surface area contributed by atoms with Crippen molar-refractivity contribution in [2.75, 3.05) is 7.11 Å². The Morgan fingerprint density at radius 2 is 1.88 bits per heavy atom. The van der Waals surface area contributed by atoms with Crippen LogP contribution in [-0.2, 0) is 16.0 Å². The van der Waals surface area contributed by atoms with Crippen molar-refractivity contribution in [1.82, 2.24) is 3.54 Å². The van der Waals surface area contributed by atoms with E-state index in [2.05, 4.69) is 18.4 Å². The molecule has 0 heterocycles. The summed E-state index contributed by atoms with van der Waals surface area (Å²) in [5.74, 6) is -0.166. The predicted octanol–water partition coefficient (Wildman–Crippen LogP) is 2.20. The van der Waals surface area contributed by atoms with Crippen molar-refractivity contribution in [3.63, 3.8) is 0 Å². The van der Waals surface area contributed by atoms with Gasteiger partial charge in [-0.25, -0.2) is 0 Å². The van der Waals surface area contributed by atoms with E-state index in [1.807, 2.05) is 30.3 Å². The fourth-order valence-corrected chi connectivity index (χ4v) is 5.32. The molecule has 0 fully saturated rings. The fourth-order valence-electron chi connectivity index (χ4n) is 1.71. The minimum atomic E-state index is -2.21. The Labute approximate surface area is 108 Å². The molecule has 94 valence electrons. The van der Waals surface area contributed by atoms with Crippen LogP contribution in [0.1, 0.15) is 5.56 Å². The van der Waals surface area contributed by atoms with Crippen molar-refractivity contribution in [2.45, 2.75) is 27.3 Å². The molecule has 1 N–H and O–H groups in total. The summed E-state index contributed by atoms with van der Waals surface area (Å²) in [5.41, 5.74) is 1.16. The zero-order valence-electron chi connectivity index (χ0n) is 11.0. The van der Waals surface area contributed by atoms with Gasteiger partial charge in [-0.05, 0) is 0 Å². The van der Waals surface area contributed by atoms with Crippen molar-refractivity contribution in [3.05, 3.63) is 35.9 Å². The number of hydrogen-bond donors (Lipinski definition) is 1. The topological polar surface area (TPSA) is 38.3 Å². The van der Waals surface area contributed by atoms with E-state index in [4.69, 9.17) is 4.74 Å². The van der Waals surface area contributed by atoms with Crippen LogP contribution in [0, 0.1) is 0 Å². The van der Waals surface area contributed by atoms with Gasteiger partial charge in [-0.1, -0.05) is 0 Å². The van der Waals surface area contributed by atoms with Gasteiger partial charge in [0.1, 0.15) is 0 Å². The first-order valence-corrected chi connectivity index (χ1v) is 15.8. The van der Waals surface area contributed by atoms with Crippen LogP contribution >= 0.6 is 0 Å². The third-order valence-electron chi connectivity index (χ3n) is 2.38. The molecule has 1 atom stereocenters. The zero-order valence-corrected chi connectivity index (χ0v) is 13.8. The number of nitrogens with one attached hydrogen (secondary N) is 1. The van der Waals surface area contributed by atoms with Crippen molar-refractivity contribution in [1.29, 1.82) is 0 Å². The third kappa shape index (κ3) is 5.54. The van der Waals surface area contributed by atoms with Gasteiger partial charge in [-0.15, -0.1) is 0 Å². The molecule has 0 amide bonds. The predicted molar refractivity (Wildman–Crippen MR) is 72.4 cm³/mol. The molecule has 4 heteroatoms. The van der Waals surface area contributed by atoms with Gasteiger partial charge in [0.25, 0.3) is 0 Å². The molecule has 0 spiro atoms. The third-order valence-corrected chi connectivity index (χ3v) is 5.84. The molecule has 3 nitrogen and oxygen atoms in total. The molecule has 0 aliphatic heterocycles. The van der Waals surface area contributed by atoms with Crippen molar-refractivity contribution >= 4 is 24.6 Å².